The predicted molar refractivity (Wildman–Crippen MR) is 60.7 cm³/mol. The third kappa shape index (κ3) is 1.83. The first kappa shape index (κ1) is 9.73. The molecule has 2 rings (SSSR count). The van der Waals surface area contributed by atoms with Gasteiger partial charge in [0, 0.05) is 29.7 Å². The van der Waals surface area contributed by atoms with Crippen molar-refractivity contribution in [1.82, 2.24) is 15.0 Å². The van der Waals surface area contributed by atoms with E-state index in [1.807, 2.05) is 6.07 Å². The van der Waals surface area contributed by atoms with E-state index in [2.05, 4.69) is 46.8 Å². The van der Waals surface area contributed by atoms with E-state index in [-0.39, 0.29) is 0 Å². The minimum Gasteiger partial charge on any atom is -0.248 e. The molecule has 0 aliphatic carbocycles. The number of pyridine rings is 1. The molecule has 0 amide bonds. The maximum Gasteiger partial charge on any atom is 0.120 e. The zero-order chi connectivity index (χ0) is 9.97. The highest BCUT2D eigenvalue weighted by Crippen LogP contribution is 2.31. The van der Waals surface area contributed by atoms with Gasteiger partial charge in [0.25, 0.3) is 0 Å². The minimum absolute atomic E-state index is 0.777. The fraction of sp³-hybridized carbons (Fsp3) is 0. The van der Waals surface area contributed by atoms with E-state index in [1.165, 1.54) is 6.33 Å². The van der Waals surface area contributed by atoms with Gasteiger partial charge in [0.1, 0.15) is 10.9 Å². The molecule has 0 fully saturated rings. The second-order valence-electron chi connectivity index (χ2n) is 2.59. The van der Waals surface area contributed by atoms with Gasteiger partial charge >= 0.3 is 0 Å². The van der Waals surface area contributed by atoms with Crippen molar-refractivity contribution in [3.8, 4) is 11.1 Å². The van der Waals surface area contributed by atoms with Crippen LogP contribution in [0.15, 0.2) is 40.1 Å². The van der Waals surface area contributed by atoms with E-state index in [4.69, 9.17) is 0 Å². The Hall–Kier alpha value is -0.810. The van der Waals surface area contributed by atoms with E-state index >= 15 is 0 Å². The molecule has 2 aromatic heterocycles. The highest BCUT2D eigenvalue weighted by molar-refractivity contribution is 9.13. The summed E-state index contributed by atoms with van der Waals surface area (Å²) in [6.45, 7) is 0. The molecule has 0 unspecified atom stereocenters. The average Bonchev–Trinajstić information content (AvgIpc) is 2.23. The summed E-state index contributed by atoms with van der Waals surface area (Å²) < 4.78 is 1.69. The lowest BCUT2D eigenvalue weighted by Gasteiger charge is -2.03. The van der Waals surface area contributed by atoms with Crippen LogP contribution in [0, 0.1) is 0 Å². The number of nitrogens with zero attached hydrogens (tertiary/aromatic N) is 3. The molecule has 0 aromatic carbocycles. The monoisotopic (exact) mass is 313 g/mol. The van der Waals surface area contributed by atoms with Crippen molar-refractivity contribution in [2.24, 2.45) is 0 Å². The van der Waals surface area contributed by atoms with Gasteiger partial charge in [-0.1, -0.05) is 0 Å². The van der Waals surface area contributed by atoms with Gasteiger partial charge in [-0.3, -0.25) is 0 Å². The molecule has 3 nitrogen and oxygen atoms in total. The number of rotatable bonds is 1. The molecule has 0 aliphatic heterocycles. The maximum absolute atomic E-state index is 4.09. The fourth-order valence-corrected chi connectivity index (χ4v) is 1.87. The van der Waals surface area contributed by atoms with Crippen molar-refractivity contribution < 1.29 is 0 Å². The molecule has 0 spiro atoms. The van der Waals surface area contributed by atoms with Gasteiger partial charge < -0.3 is 0 Å². The van der Waals surface area contributed by atoms with E-state index in [0.717, 1.165) is 20.2 Å². The van der Waals surface area contributed by atoms with Crippen molar-refractivity contribution in [1.29, 1.82) is 0 Å². The van der Waals surface area contributed by atoms with Crippen LogP contribution in [0.1, 0.15) is 0 Å². The lowest BCUT2D eigenvalue weighted by molar-refractivity contribution is 1.16. The largest absolute Gasteiger partial charge is 0.248 e. The predicted octanol–water partition coefficient (Wildman–Crippen LogP) is 3.06. The molecular formula is C9H5Br2N3. The van der Waals surface area contributed by atoms with Gasteiger partial charge in [-0.15, -0.1) is 0 Å². The summed E-state index contributed by atoms with van der Waals surface area (Å²) in [5.74, 6) is 0. The minimum atomic E-state index is 0.777. The van der Waals surface area contributed by atoms with E-state index in [0.29, 0.717) is 0 Å². The Morgan fingerprint density at radius 2 is 1.79 bits per heavy atom. The van der Waals surface area contributed by atoms with Crippen LogP contribution in [-0.2, 0) is 0 Å². The van der Waals surface area contributed by atoms with Crippen LogP contribution in [0.3, 0.4) is 0 Å². The molecule has 0 radical (unpaired) electrons. The van der Waals surface area contributed by atoms with Crippen molar-refractivity contribution in [2.75, 3.05) is 0 Å². The average molecular weight is 315 g/mol. The summed E-state index contributed by atoms with van der Waals surface area (Å²) in [7, 11) is 0. The number of hydrogen-bond donors (Lipinski definition) is 0. The van der Waals surface area contributed by atoms with Gasteiger partial charge in [0.2, 0.25) is 0 Å². The Morgan fingerprint density at radius 1 is 1.07 bits per heavy atom. The molecular weight excluding hydrogens is 310 g/mol. The molecule has 0 saturated heterocycles. The molecule has 0 aliphatic rings. The second-order valence-corrected chi connectivity index (χ2v) is 4.13. The molecule has 0 N–H and O–H groups in total. The Kier molecular flexibility index (Phi) is 2.88. The zero-order valence-electron chi connectivity index (χ0n) is 6.98. The molecule has 0 atom stereocenters. The van der Waals surface area contributed by atoms with Crippen LogP contribution >= 0.6 is 31.9 Å². The lowest BCUT2D eigenvalue weighted by atomic mass is 10.1. The molecule has 2 aromatic rings. The topological polar surface area (TPSA) is 38.7 Å². The molecule has 14 heavy (non-hydrogen) atoms. The number of halogens is 2. The van der Waals surface area contributed by atoms with Crippen LogP contribution in [0.5, 0.6) is 0 Å². The van der Waals surface area contributed by atoms with Gasteiger partial charge in [-0.25, -0.2) is 15.0 Å². The Bertz CT molecular complexity index is 445. The quantitative estimate of drug-likeness (QED) is 0.759. The summed E-state index contributed by atoms with van der Waals surface area (Å²) in [5, 5.41) is 0. The summed E-state index contributed by atoms with van der Waals surface area (Å²) in [6.07, 6.45) is 6.77. The number of aromatic nitrogens is 3. The van der Waals surface area contributed by atoms with Gasteiger partial charge in [0.15, 0.2) is 0 Å². The maximum atomic E-state index is 4.09. The Balaban J connectivity index is 2.58. The third-order valence-corrected chi connectivity index (χ3v) is 3.65. The molecule has 2 heterocycles. The van der Waals surface area contributed by atoms with Crippen LogP contribution in [-0.4, -0.2) is 15.0 Å². The van der Waals surface area contributed by atoms with Crippen molar-refractivity contribution in [3.05, 3.63) is 40.1 Å². The first-order valence-electron chi connectivity index (χ1n) is 3.84. The van der Waals surface area contributed by atoms with Crippen LogP contribution in [0.2, 0.25) is 0 Å². The van der Waals surface area contributed by atoms with E-state index < -0.39 is 0 Å². The molecule has 0 bridgehead atoms. The third-order valence-electron chi connectivity index (χ3n) is 1.72. The first-order valence-corrected chi connectivity index (χ1v) is 5.43. The summed E-state index contributed by atoms with van der Waals surface area (Å²) in [5.41, 5.74) is 1.98. The highest BCUT2D eigenvalue weighted by Gasteiger charge is 2.06. The standard InChI is InChI=1S/C9H5Br2N3/c10-8-7(1-2-14-9(8)11)6-3-12-5-13-4-6/h1-5H. The molecule has 70 valence electrons. The first-order chi connectivity index (χ1) is 6.79. The SMILES string of the molecule is Brc1nccc(-c2cncnc2)c1Br. The van der Waals surface area contributed by atoms with Crippen LogP contribution in [0.25, 0.3) is 11.1 Å². The van der Waals surface area contributed by atoms with Crippen molar-refractivity contribution >= 4 is 31.9 Å². The highest BCUT2D eigenvalue weighted by atomic mass is 79.9. The second kappa shape index (κ2) is 4.14. The normalized spacial score (nSPS) is 10.1. The van der Waals surface area contributed by atoms with E-state index in [9.17, 15) is 0 Å². The Morgan fingerprint density at radius 3 is 2.50 bits per heavy atom. The summed E-state index contributed by atoms with van der Waals surface area (Å²) >= 11 is 6.80. The summed E-state index contributed by atoms with van der Waals surface area (Å²) in [6, 6.07) is 1.91. The molecule has 5 heteroatoms. The van der Waals surface area contributed by atoms with Gasteiger partial charge in [-0.2, -0.15) is 0 Å². The van der Waals surface area contributed by atoms with Crippen molar-refractivity contribution in [2.45, 2.75) is 0 Å². The number of hydrogen-bond acceptors (Lipinski definition) is 3. The zero-order valence-corrected chi connectivity index (χ0v) is 10.2. The summed E-state index contributed by atoms with van der Waals surface area (Å²) in [4.78, 5) is 12.0. The van der Waals surface area contributed by atoms with Crippen LogP contribution < -0.4 is 0 Å². The molecule has 0 saturated carbocycles. The van der Waals surface area contributed by atoms with Gasteiger partial charge in [-0.05, 0) is 37.9 Å². The smallest absolute Gasteiger partial charge is 0.120 e. The Labute approximate surface area is 97.9 Å². The van der Waals surface area contributed by atoms with Gasteiger partial charge in [0.05, 0.1) is 4.47 Å². The van der Waals surface area contributed by atoms with E-state index in [1.54, 1.807) is 18.6 Å². The lowest BCUT2D eigenvalue weighted by Crippen LogP contribution is -1.86. The fourth-order valence-electron chi connectivity index (χ4n) is 1.08. The van der Waals surface area contributed by atoms with Crippen molar-refractivity contribution in [3.63, 3.8) is 0 Å². The van der Waals surface area contributed by atoms with Crippen LogP contribution in [0.4, 0.5) is 0 Å².